The van der Waals surface area contributed by atoms with Crippen molar-refractivity contribution in [1.82, 2.24) is 5.32 Å². The van der Waals surface area contributed by atoms with Crippen LogP contribution in [0.4, 0.5) is 17.1 Å². The van der Waals surface area contributed by atoms with Gasteiger partial charge in [0.25, 0.3) is 11.4 Å². The first-order valence-electron chi connectivity index (χ1n) is 7.55. The largest absolute Gasteiger partial charge is 0.497 e. The number of nitro benzene ring substituents is 3. The lowest BCUT2D eigenvalue weighted by atomic mass is 10.1. The molecule has 0 aliphatic rings. The molecule has 146 valence electrons. The number of phenols is 1. The number of nitro groups is 3. The molecule has 0 amide bonds. The quantitative estimate of drug-likeness (QED) is 0.476. The summed E-state index contributed by atoms with van der Waals surface area (Å²) < 4.78 is 0. The summed E-state index contributed by atoms with van der Waals surface area (Å²) in [7, 11) is 0. The third kappa shape index (κ3) is 6.94. The average molecular weight is 374 g/mol. The minimum atomic E-state index is -1.21. The Bertz CT molecular complexity index is 642. The zero-order valence-electron chi connectivity index (χ0n) is 14.8. The first kappa shape index (κ1) is 23.1. The van der Waals surface area contributed by atoms with Crippen LogP contribution in [-0.2, 0) is 0 Å². The van der Waals surface area contributed by atoms with Gasteiger partial charge >= 0.3 is 11.4 Å². The van der Waals surface area contributed by atoms with Crippen molar-refractivity contribution in [3.8, 4) is 5.75 Å². The molecular formula is C14H22N4O8. The topological polar surface area (TPSA) is 182 Å². The lowest BCUT2D eigenvalue weighted by Gasteiger charge is -2.27. The first-order chi connectivity index (χ1) is 11.9. The zero-order valence-corrected chi connectivity index (χ0v) is 14.8. The number of nitrogens with zero attached hydrogens (tertiary/aromatic N) is 3. The smallest absolute Gasteiger partial charge is 0.324 e. The molecule has 1 unspecified atom stereocenters. The van der Waals surface area contributed by atoms with Gasteiger partial charge < -0.3 is 15.5 Å². The summed E-state index contributed by atoms with van der Waals surface area (Å²) in [5, 5.41) is 52.4. The molecule has 0 heterocycles. The first-order valence-corrected chi connectivity index (χ1v) is 7.55. The van der Waals surface area contributed by atoms with E-state index in [2.05, 4.69) is 19.2 Å². The van der Waals surface area contributed by atoms with E-state index in [0.29, 0.717) is 18.2 Å². The maximum atomic E-state index is 10.4. The lowest BCUT2D eigenvalue weighted by Crippen LogP contribution is -2.47. The Morgan fingerprint density at radius 2 is 1.50 bits per heavy atom. The van der Waals surface area contributed by atoms with E-state index in [1.54, 1.807) is 0 Å². The van der Waals surface area contributed by atoms with E-state index in [0.717, 1.165) is 6.42 Å². The number of hydrogen-bond donors (Lipinski definition) is 3. The highest BCUT2D eigenvalue weighted by Crippen LogP contribution is 2.38. The molecule has 12 nitrogen and oxygen atoms in total. The molecule has 0 spiro atoms. The summed E-state index contributed by atoms with van der Waals surface area (Å²) in [4.78, 5) is 27.8. The van der Waals surface area contributed by atoms with Crippen molar-refractivity contribution < 1.29 is 25.0 Å². The number of aliphatic hydroxyl groups excluding tert-OH is 1. The second-order valence-electron chi connectivity index (χ2n) is 6.10. The van der Waals surface area contributed by atoms with Crippen LogP contribution in [0.1, 0.15) is 34.1 Å². The normalized spacial score (nSPS) is 11.9. The van der Waals surface area contributed by atoms with Crippen LogP contribution in [0.2, 0.25) is 0 Å². The molecule has 0 aromatic heterocycles. The van der Waals surface area contributed by atoms with Gasteiger partial charge in [0.05, 0.1) is 33.5 Å². The Hall–Kier alpha value is -2.86. The van der Waals surface area contributed by atoms with Gasteiger partial charge in [0.1, 0.15) is 0 Å². The fourth-order valence-corrected chi connectivity index (χ4v) is 1.79. The van der Waals surface area contributed by atoms with Crippen LogP contribution in [0.25, 0.3) is 0 Å². The van der Waals surface area contributed by atoms with E-state index >= 15 is 0 Å². The van der Waals surface area contributed by atoms with E-state index in [9.17, 15) is 30.3 Å². The van der Waals surface area contributed by atoms with Crippen LogP contribution < -0.4 is 5.32 Å². The van der Waals surface area contributed by atoms with Crippen LogP contribution in [-0.4, -0.2) is 43.2 Å². The summed E-state index contributed by atoms with van der Waals surface area (Å²) in [6.07, 6.45) is 1.10. The van der Waals surface area contributed by atoms with Gasteiger partial charge in [0.2, 0.25) is 0 Å². The SMILES string of the molecule is CCC(C)NC(C)(C)CO.O=[N+]([O-])c1cc([N+](=O)[O-])c(O)c([N+](=O)[O-])c1. The summed E-state index contributed by atoms with van der Waals surface area (Å²) in [6, 6.07) is 1.38. The van der Waals surface area contributed by atoms with Crippen molar-refractivity contribution in [3.63, 3.8) is 0 Å². The van der Waals surface area contributed by atoms with Crippen LogP contribution in [0.15, 0.2) is 12.1 Å². The molecule has 0 fully saturated rings. The molecule has 0 radical (unpaired) electrons. The van der Waals surface area contributed by atoms with Gasteiger partial charge in [0.15, 0.2) is 0 Å². The van der Waals surface area contributed by atoms with Crippen LogP contribution >= 0.6 is 0 Å². The maximum absolute atomic E-state index is 10.4. The Labute approximate surface area is 148 Å². The standard InChI is InChI=1S/C8H19NO.C6H3N3O7/c1-5-7(2)9-8(3,4)6-10;10-6-4(8(13)14)1-3(7(11)12)2-5(6)9(15)16/h7,9-10H,5-6H2,1-4H3;1-2,10H. The molecule has 0 saturated carbocycles. The summed E-state index contributed by atoms with van der Waals surface area (Å²) in [5.41, 5.74) is -3.13. The average Bonchev–Trinajstić information content (AvgIpc) is 2.54. The molecule has 1 atom stereocenters. The van der Waals surface area contributed by atoms with E-state index in [1.165, 1.54) is 0 Å². The van der Waals surface area contributed by atoms with E-state index in [-0.39, 0.29) is 12.1 Å². The molecule has 0 aliphatic heterocycles. The molecule has 12 heteroatoms. The van der Waals surface area contributed by atoms with Crippen molar-refractivity contribution in [1.29, 1.82) is 0 Å². The summed E-state index contributed by atoms with van der Waals surface area (Å²) in [5.74, 6) is -1.21. The predicted molar refractivity (Wildman–Crippen MR) is 92.1 cm³/mol. The van der Waals surface area contributed by atoms with E-state index in [1.807, 2.05) is 13.8 Å². The number of nitrogens with one attached hydrogen (secondary N) is 1. The maximum Gasteiger partial charge on any atom is 0.324 e. The second-order valence-corrected chi connectivity index (χ2v) is 6.10. The van der Waals surface area contributed by atoms with Crippen molar-refractivity contribution in [3.05, 3.63) is 42.5 Å². The minimum Gasteiger partial charge on any atom is -0.497 e. The number of non-ortho nitro benzene ring substituents is 1. The molecular weight excluding hydrogens is 352 g/mol. The van der Waals surface area contributed by atoms with Crippen LogP contribution in [0.3, 0.4) is 0 Å². The van der Waals surface area contributed by atoms with Crippen molar-refractivity contribution in [2.24, 2.45) is 0 Å². The third-order valence-electron chi connectivity index (χ3n) is 3.30. The Kier molecular flexibility index (Phi) is 8.52. The predicted octanol–water partition coefficient (Wildman–Crippen LogP) is 2.26. The van der Waals surface area contributed by atoms with Crippen molar-refractivity contribution in [2.45, 2.75) is 45.7 Å². The van der Waals surface area contributed by atoms with E-state index < -0.39 is 37.6 Å². The summed E-state index contributed by atoms with van der Waals surface area (Å²) in [6.45, 7) is 8.44. The number of phenolic OH excluding ortho intramolecular Hbond substituents is 1. The molecule has 0 aliphatic carbocycles. The number of aliphatic hydroxyl groups is 1. The Morgan fingerprint density at radius 1 is 1.08 bits per heavy atom. The van der Waals surface area contributed by atoms with E-state index in [4.69, 9.17) is 10.2 Å². The minimum absolute atomic E-state index is 0.130. The number of benzene rings is 1. The number of rotatable bonds is 7. The Morgan fingerprint density at radius 3 is 1.77 bits per heavy atom. The van der Waals surface area contributed by atoms with Gasteiger partial charge in [-0.15, -0.1) is 0 Å². The highest BCUT2D eigenvalue weighted by molar-refractivity contribution is 5.64. The zero-order chi connectivity index (χ0) is 20.7. The number of hydrogen-bond acceptors (Lipinski definition) is 9. The fourth-order valence-electron chi connectivity index (χ4n) is 1.79. The Balaban J connectivity index is 0.000000541. The second kappa shape index (κ2) is 9.58. The van der Waals surface area contributed by atoms with Gasteiger partial charge in [-0.3, -0.25) is 30.3 Å². The molecule has 26 heavy (non-hydrogen) atoms. The van der Waals surface area contributed by atoms with Gasteiger partial charge in [0, 0.05) is 11.6 Å². The highest BCUT2D eigenvalue weighted by atomic mass is 16.6. The van der Waals surface area contributed by atoms with Crippen molar-refractivity contribution >= 4 is 17.1 Å². The van der Waals surface area contributed by atoms with Gasteiger partial charge in [-0.1, -0.05) is 6.92 Å². The molecule has 1 rings (SSSR count). The lowest BCUT2D eigenvalue weighted by molar-refractivity contribution is -0.404. The van der Waals surface area contributed by atoms with Gasteiger partial charge in [-0.2, -0.15) is 0 Å². The monoisotopic (exact) mass is 374 g/mol. The molecule has 3 N–H and O–H groups in total. The number of aromatic hydroxyl groups is 1. The van der Waals surface area contributed by atoms with Gasteiger partial charge in [-0.05, 0) is 27.2 Å². The molecule has 1 aromatic carbocycles. The molecule has 0 bridgehead atoms. The molecule has 0 saturated heterocycles. The van der Waals surface area contributed by atoms with Crippen molar-refractivity contribution in [2.75, 3.05) is 6.61 Å². The van der Waals surface area contributed by atoms with Crippen LogP contribution in [0, 0.1) is 30.3 Å². The van der Waals surface area contributed by atoms with Gasteiger partial charge in [-0.25, -0.2) is 0 Å². The fraction of sp³-hybridized carbons (Fsp3) is 0.571. The highest BCUT2D eigenvalue weighted by Gasteiger charge is 2.30. The third-order valence-corrected chi connectivity index (χ3v) is 3.30. The summed E-state index contributed by atoms with van der Waals surface area (Å²) >= 11 is 0. The van der Waals surface area contributed by atoms with Crippen LogP contribution in [0.5, 0.6) is 5.75 Å². The molecule has 1 aromatic rings.